The largest absolute Gasteiger partial charge is 0.472 e. The number of phosphoric ester groups is 2. The van der Waals surface area contributed by atoms with Gasteiger partial charge < -0.3 is 33.8 Å². The van der Waals surface area contributed by atoms with Crippen molar-refractivity contribution in [1.29, 1.82) is 0 Å². The van der Waals surface area contributed by atoms with Crippen molar-refractivity contribution in [2.75, 3.05) is 39.6 Å². The SMILES string of the molecule is CCCCCCCCCCCCCCCC(=O)O[C@H](COC(=O)CCCCCCCCCCCC(C)C)COP(=O)(O)OC[C@H](O)COP(=O)(O)OC[C@@H](COC(=O)CCCCCCCCCCCCCCCCCCCCC(C)CC)OC(=O)CCCCCCCCCCCCCCCCCCCCC(C)CC. The summed E-state index contributed by atoms with van der Waals surface area (Å²) in [6, 6.07) is 0. The second-order valence-electron chi connectivity index (χ2n) is 33.3. The number of esters is 4. The lowest BCUT2D eigenvalue weighted by Gasteiger charge is -2.21. The zero-order chi connectivity index (χ0) is 80.0. The maximum atomic E-state index is 13.2. The summed E-state index contributed by atoms with van der Waals surface area (Å²) >= 11 is 0. The quantitative estimate of drug-likeness (QED) is 0.0222. The fourth-order valence-electron chi connectivity index (χ4n) is 14.0. The molecule has 0 aliphatic carbocycles. The van der Waals surface area contributed by atoms with Gasteiger partial charge >= 0.3 is 39.5 Å². The first-order valence-corrected chi connectivity index (χ1v) is 49.4. The Hall–Kier alpha value is -1.94. The zero-order valence-corrected chi connectivity index (χ0v) is 73.8. The average Bonchev–Trinajstić information content (AvgIpc) is 0.919. The number of carbonyl (C=O) groups excluding carboxylic acids is 4. The van der Waals surface area contributed by atoms with Crippen LogP contribution < -0.4 is 0 Å². The lowest BCUT2D eigenvalue weighted by atomic mass is 9.99. The van der Waals surface area contributed by atoms with Crippen LogP contribution in [0.3, 0.4) is 0 Å². The van der Waals surface area contributed by atoms with E-state index in [2.05, 4.69) is 48.5 Å². The standard InChI is InChI=1S/C90H176O17P2/c1-8-11-12-13-14-15-16-29-37-44-52-59-66-73-89(94)107-86(78-101-88(93)72-65-58-51-46-39-40-47-54-61-68-81(4)5)80-105-109(98,99)103-76-84(91)75-102-108(96,97)104-79-85(106-90(95)74-67-60-53-45-38-33-28-24-20-18-22-26-31-35-42-49-56-63-70-83(7)10-3)77-100-87(92)71-64-57-50-43-36-32-27-23-19-17-21-25-30-34-41-48-55-62-69-82(6)9-2/h81-86,91H,8-80H2,1-7H3,(H,96,97)(H,98,99)/t82?,83?,84-,85-,86-/m1/s1. The molecule has 0 saturated carbocycles. The van der Waals surface area contributed by atoms with E-state index in [1.54, 1.807) is 0 Å². The van der Waals surface area contributed by atoms with Crippen LogP contribution in [0.2, 0.25) is 0 Å². The molecule has 0 fully saturated rings. The first-order valence-electron chi connectivity index (χ1n) is 46.4. The van der Waals surface area contributed by atoms with Crippen molar-refractivity contribution in [3.05, 3.63) is 0 Å². The van der Waals surface area contributed by atoms with Crippen LogP contribution in [0.1, 0.15) is 479 Å². The first-order chi connectivity index (χ1) is 52.8. The summed E-state index contributed by atoms with van der Waals surface area (Å²) in [7, 11) is -9.93. The van der Waals surface area contributed by atoms with E-state index in [1.807, 2.05) is 0 Å². The average molecular weight is 1590 g/mol. The molecule has 0 rings (SSSR count). The number of unbranched alkanes of at least 4 members (excludes halogenated alkanes) is 54. The van der Waals surface area contributed by atoms with E-state index >= 15 is 0 Å². The van der Waals surface area contributed by atoms with Crippen LogP contribution in [-0.2, 0) is 65.4 Å². The molecule has 0 radical (unpaired) electrons. The van der Waals surface area contributed by atoms with Crippen molar-refractivity contribution in [3.63, 3.8) is 0 Å². The number of hydrogen-bond donors (Lipinski definition) is 3. The molecular formula is C90H176O17P2. The fraction of sp³-hybridized carbons (Fsp3) is 0.956. The molecular weight excluding hydrogens is 1410 g/mol. The van der Waals surface area contributed by atoms with E-state index in [-0.39, 0.29) is 25.7 Å². The molecule has 0 aliphatic rings. The van der Waals surface area contributed by atoms with Crippen molar-refractivity contribution in [2.45, 2.75) is 497 Å². The third-order valence-corrected chi connectivity index (χ3v) is 23.8. The highest BCUT2D eigenvalue weighted by Crippen LogP contribution is 2.45. The molecule has 0 aromatic rings. The molecule has 0 bridgehead atoms. The minimum absolute atomic E-state index is 0.107. The van der Waals surface area contributed by atoms with Crippen LogP contribution in [-0.4, -0.2) is 96.7 Å². The van der Waals surface area contributed by atoms with E-state index in [1.165, 1.54) is 289 Å². The van der Waals surface area contributed by atoms with Gasteiger partial charge in [-0.15, -0.1) is 0 Å². The van der Waals surface area contributed by atoms with E-state index in [0.717, 1.165) is 108 Å². The molecule has 0 aromatic carbocycles. The van der Waals surface area contributed by atoms with Crippen molar-refractivity contribution < 1.29 is 80.2 Å². The third kappa shape index (κ3) is 81.0. The highest BCUT2D eigenvalue weighted by Gasteiger charge is 2.31. The zero-order valence-electron chi connectivity index (χ0n) is 72.0. The Morgan fingerprint density at radius 3 is 0.697 bits per heavy atom. The van der Waals surface area contributed by atoms with Crippen LogP contribution in [0.25, 0.3) is 0 Å². The maximum Gasteiger partial charge on any atom is 0.472 e. The van der Waals surface area contributed by atoms with E-state index in [9.17, 15) is 43.2 Å². The molecule has 19 heteroatoms. The van der Waals surface area contributed by atoms with Gasteiger partial charge in [0.1, 0.15) is 19.3 Å². The third-order valence-electron chi connectivity index (χ3n) is 21.9. The Labute approximate surface area is 670 Å². The highest BCUT2D eigenvalue weighted by molar-refractivity contribution is 7.47. The van der Waals surface area contributed by atoms with E-state index in [4.69, 9.17) is 37.0 Å². The van der Waals surface area contributed by atoms with Crippen molar-refractivity contribution in [1.82, 2.24) is 0 Å². The predicted molar refractivity (Wildman–Crippen MR) is 451 cm³/mol. The highest BCUT2D eigenvalue weighted by atomic mass is 31.2. The molecule has 109 heavy (non-hydrogen) atoms. The summed E-state index contributed by atoms with van der Waals surface area (Å²) < 4.78 is 69.0. The Morgan fingerprint density at radius 1 is 0.266 bits per heavy atom. The Morgan fingerprint density at radius 2 is 0.468 bits per heavy atom. The molecule has 7 atom stereocenters. The Balaban J connectivity index is 5.22. The Kier molecular flexibility index (Phi) is 78.5. The van der Waals surface area contributed by atoms with Gasteiger partial charge in [-0.05, 0) is 43.4 Å². The normalized spacial score (nSPS) is 14.3. The number of ether oxygens (including phenoxy) is 4. The second kappa shape index (κ2) is 79.9. The summed E-state index contributed by atoms with van der Waals surface area (Å²) in [6.45, 7) is 12.1. The summed E-state index contributed by atoms with van der Waals surface area (Å²) in [5, 5.41) is 10.7. The molecule has 4 unspecified atom stereocenters. The van der Waals surface area contributed by atoms with Gasteiger partial charge in [0, 0.05) is 25.7 Å². The molecule has 648 valence electrons. The lowest BCUT2D eigenvalue weighted by Crippen LogP contribution is -2.30. The first kappa shape index (κ1) is 107. The number of aliphatic hydroxyl groups excluding tert-OH is 1. The number of hydrogen-bond acceptors (Lipinski definition) is 15. The fourth-order valence-corrected chi connectivity index (χ4v) is 15.6. The summed E-state index contributed by atoms with van der Waals surface area (Å²) in [5.74, 6) is 0.389. The van der Waals surface area contributed by atoms with E-state index < -0.39 is 97.5 Å². The molecule has 0 amide bonds. The monoisotopic (exact) mass is 1590 g/mol. The van der Waals surface area contributed by atoms with Gasteiger partial charge in [-0.2, -0.15) is 0 Å². The molecule has 0 aliphatic heterocycles. The predicted octanol–water partition coefficient (Wildman–Crippen LogP) is 27.6. The van der Waals surface area contributed by atoms with Crippen LogP contribution in [0.4, 0.5) is 0 Å². The molecule has 17 nitrogen and oxygen atoms in total. The Bertz CT molecular complexity index is 2100. The molecule has 0 heterocycles. The topological polar surface area (TPSA) is 237 Å². The van der Waals surface area contributed by atoms with Crippen molar-refractivity contribution in [2.24, 2.45) is 17.8 Å². The minimum Gasteiger partial charge on any atom is -0.462 e. The van der Waals surface area contributed by atoms with Crippen LogP contribution in [0, 0.1) is 17.8 Å². The van der Waals surface area contributed by atoms with Crippen LogP contribution in [0.5, 0.6) is 0 Å². The van der Waals surface area contributed by atoms with Gasteiger partial charge in [0.25, 0.3) is 0 Å². The van der Waals surface area contributed by atoms with E-state index in [0.29, 0.717) is 25.7 Å². The number of phosphoric acid groups is 2. The summed E-state index contributed by atoms with van der Waals surface area (Å²) in [5.41, 5.74) is 0. The number of carbonyl (C=O) groups is 4. The summed E-state index contributed by atoms with van der Waals surface area (Å²) in [4.78, 5) is 73.3. The van der Waals surface area contributed by atoms with Crippen molar-refractivity contribution >= 4 is 39.5 Å². The lowest BCUT2D eigenvalue weighted by molar-refractivity contribution is -0.161. The van der Waals surface area contributed by atoms with Gasteiger partial charge in [-0.3, -0.25) is 37.3 Å². The molecule has 0 spiro atoms. The van der Waals surface area contributed by atoms with Crippen molar-refractivity contribution in [3.8, 4) is 0 Å². The summed E-state index contributed by atoms with van der Waals surface area (Å²) in [6.07, 6.45) is 72.2. The van der Waals surface area contributed by atoms with Crippen LogP contribution >= 0.6 is 15.6 Å². The van der Waals surface area contributed by atoms with Gasteiger partial charge in [0.2, 0.25) is 0 Å². The van der Waals surface area contributed by atoms with Crippen LogP contribution in [0.15, 0.2) is 0 Å². The number of rotatable bonds is 88. The van der Waals surface area contributed by atoms with Gasteiger partial charge in [0.15, 0.2) is 12.2 Å². The van der Waals surface area contributed by atoms with Gasteiger partial charge in [-0.25, -0.2) is 9.13 Å². The maximum absolute atomic E-state index is 13.2. The second-order valence-corrected chi connectivity index (χ2v) is 36.2. The molecule has 3 N–H and O–H groups in total. The molecule has 0 aromatic heterocycles. The molecule has 0 saturated heterocycles. The van der Waals surface area contributed by atoms with Gasteiger partial charge in [-0.1, -0.05) is 427 Å². The minimum atomic E-state index is -4.97. The van der Waals surface area contributed by atoms with Gasteiger partial charge in [0.05, 0.1) is 26.4 Å². The smallest absolute Gasteiger partial charge is 0.462 e. The number of aliphatic hydroxyl groups is 1.